The molecule has 2 aliphatic rings. The number of aromatic nitrogens is 3. The zero-order chi connectivity index (χ0) is 17.2. The SMILES string of the molecule is O=C(c1ccc[nH]c1=O)N1CCN(c2cc3c(nn2)CCCC3)CC1. The number of nitrogens with one attached hydrogen (secondary N) is 1. The average Bonchev–Trinajstić information content (AvgIpc) is 2.67. The van der Waals surface area contributed by atoms with Gasteiger partial charge in [-0.15, -0.1) is 5.10 Å². The first kappa shape index (κ1) is 15.8. The summed E-state index contributed by atoms with van der Waals surface area (Å²) < 4.78 is 0. The number of pyridine rings is 1. The van der Waals surface area contributed by atoms with Gasteiger partial charge in [0.15, 0.2) is 5.82 Å². The summed E-state index contributed by atoms with van der Waals surface area (Å²) in [5, 5.41) is 8.77. The number of hydrogen-bond donors (Lipinski definition) is 1. The van der Waals surface area contributed by atoms with Crippen molar-refractivity contribution in [2.45, 2.75) is 25.7 Å². The Morgan fingerprint density at radius 2 is 1.88 bits per heavy atom. The number of carbonyl (C=O) groups is 1. The number of aryl methyl sites for hydroxylation is 2. The Morgan fingerprint density at radius 3 is 2.68 bits per heavy atom. The molecular weight excluding hydrogens is 318 g/mol. The number of hydrogen-bond acceptors (Lipinski definition) is 5. The van der Waals surface area contributed by atoms with Crippen molar-refractivity contribution in [2.75, 3.05) is 31.1 Å². The maximum atomic E-state index is 12.5. The van der Waals surface area contributed by atoms with Gasteiger partial charge in [-0.25, -0.2) is 0 Å². The highest BCUT2D eigenvalue weighted by Gasteiger charge is 2.25. The Morgan fingerprint density at radius 1 is 1.08 bits per heavy atom. The van der Waals surface area contributed by atoms with E-state index in [4.69, 9.17) is 0 Å². The first-order valence-electron chi connectivity index (χ1n) is 8.80. The Hall–Kier alpha value is -2.70. The van der Waals surface area contributed by atoms with Gasteiger partial charge in [0.1, 0.15) is 5.56 Å². The molecule has 1 amide bonds. The molecule has 1 N–H and O–H groups in total. The monoisotopic (exact) mass is 339 g/mol. The van der Waals surface area contributed by atoms with Crippen molar-refractivity contribution in [3.8, 4) is 0 Å². The molecular formula is C18H21N5O2. The molecule has 1 fully saturated rings. The molecule has 0 spiro atoms. The molecule has 0 aromatic carbocycles. The fourth-order valence-corrected chi connectivity index (χ4v) is 3.53. The second kappa shape index (κ2) is 6.66. The predicted molar refractivity (Wildman–Crippen MR) is 93.9 cm³/mol. The van der Waals surface area contributed by atoms with Gasteiger partial charge in [0.25, 0.3) is 11.5 Å². The van der Waals surface area contributed by atoms with Crippen molar-refractivity contribution < 1.29 is 4.79 Å². The first-order valence-corrected chi connectivity index (χ1v) is 8.80. The zero-order valence-electron chi connectivity index (χ0n) is 14.1. The van der Waals surface area contributed by atoms with Crippen LogP contribution in [0.25, 0.3) is 0 Å². The highest BCUT2D eigenvalue weighted by molar-refractivity contribution is 5.93. The maximum absolute atomic E-state index is 12.5. The van der Waals surface area contributed by atoms with Crippen LogP contribution in [-0.4, -0.2) is 52.2 Å². The molecule has 25 heavy (non-hydrogen) atoms. The van der Waals surface area contributed by atoms with E-state index < -0.39 is 0 Å². The molecule has 130 valence electrons. The fraction of sp³-hybridized carbons (Fsp3) is 0.444. The summed E-state index contributed by atoms with van der Waals surface area (Å²) in [4.78, 5) is 30.8. The molecule has 4 rings (SSSR count). The number of H-pyrrole nitrogens is 1. The van der Waals surface area contributed by atoms with Crippen molar-refractivity contribution in [3.63, 3.8) is 0 Å². The Balaban J connectivity index is 1.44. The molecule has 2 aromatic rings. The van der Waals surface area contributed by atoms with Crippen LogP contribution in [0.2, 0.25) is 0 Å². The third-order valence-corrected chi connectivity index (χ3v) is 5.00. The van der Waals surface area contributed by atoms with Gasteiger partial charge in [0.05, 0.1) is 5.69 Å². The summed E-state index contributed by atoms with van der Waals surface area (Å²) in [5.41, 5.74) is 2.30. The number of piperazine rings is 1. The van der Waals surface area contributed by atoms with Gasteiger partial charge in [0, 0.05) is 32.4 Å². The van der Waals surface area contributed by atoms with E-state index in [-0.39, 0.29) is 17.0 Å². The van der Waals surface area contributed by atoms with Crippen LogP contribution in [0.5, 0.6) is 0 Å². The number of nitrogens with zero attached hydrogens (tertiary/aromatic N) is 4. The fourth-order valence-electron chi connectivity index (χ4n) is 3.53. The van der Waals surface area contributed by atoms with Gasteiger partial charge in [0.2, 0.25) is 0 Å². The first-order chi connectivity index (χ1) is 12.2. The summed E-state index contributed by atoms with van der Waals surface area (Å²) in [6.45, 7) is 2.55. The van der Waals surface area contributed by atoms with Gasteiger partial charge in [-0.3, -0.25) is 9.59 Å². The van der Waals surface area contributed by atoms with E-state index in [0.717, 1.165) is 24.4 Å². The molecule has 0 atom stereocenters. The second-order valence-electron chi connectivity index (χ2n) is 6.57. The number of aromatic amines is 1. The quantitative estimate of drug-likeness (QED) is 0.883. The van der Waals surface area contributed by atoms with Gasteiger partial charge < -0.3 is 14.8 Å². The van der Waals surface area contributed by atoms with Crippen LogP contribution in [0.1, 0.15) is 34.5 Å². The molecule has 1 aliphatic carbocycles. The van der Waals surface area contributed by atoms with Gasteiger partial charge >= 0.3 is 0 Å². The third-order valence-electron chi connectivity index (χ3n) is 5.00. The van der Waals surface area contributed by atoms with Crippen LogP contribution in [0.15, 0.2) is 29.2 Å². The lowest BCUT2D eigenvalue weighted by Crippen LogP contribution is -2.50. The number of rotatable bonds is 2. The molecule has 0 saturated carbocycles. The van der Waals surface area contributed by atoms with E-state index in [0.29, 0.717) is 26.2 Å². The number of fused-ring (bicyclic) bond motifs is 1. The lowest BCUT2D eigenvalue weighted by atomic mass is 9.97. The van der Waals surface area contributed by atoms with Crippen LogP contribution < -0.4 is 10.5 Å². The van der Waals surface area contributed by atoms with Gasteiger partial charge in [-0.2, -0.15) is 5.10 Å². The topological polar surface area (TPSA) is 82.2 Å². The van der Waals surface area contributed by atoms with Crippen molar-refractivity contribution >= 4 is 11.7 Å². The summed E-state index contributed by atoms with van der Waals surface area (Å²) in [5.74, 6) is 0.684. The van der Waals surface area contributed by atoms with Crippen molar-refractivity contribution in [1.82, 2.24) is 20.1 Å². The van der Waals surface area contributed by atoms with Gasteiger partial charge in [-0.05, 0) is 49.4 Å². The summed E-state index contributed by atoms with van der Waals surface area (Å²) >= 11 is 0. The van der Waals surface area contributed by atoms with E-state index in [1.54, 1.807) is 17.0 Å². The normalized spacial score (nSPS) is 17.3. The molecule has 7 heteroatoms. The van der Waals surface area contributed by atoms with E-state index in [1.165, 1.54) is 24.6 Å². The summed E-state index contributed by atoms with van der Waals surface area (Å²) in [6.07, 6.45) is 6.04. The minimum Gasteiger partial charge on any atom is -0.352 e. The highest BCUT2D eigenvalue weighted by atomic mass is 16.2. The maximum Gasteiger partial charge on any atom is 0.260 e. The molecule has 0 bridgehead atoms. The minimum absolute atomic E-state index is 0.199. The van der Waals surface area contributed by atoms with Crippen LogP contribution in [0.3, 0.4) is 0 Å². The largest absolute Gasteiger partial charge is 0.352 e. The predicted octanol–water partition coefficient (Wildman–Crippen LogP) is 1.01. The molecule has 1 saturated heterocycles. The second-order valence-corrected chi connectivity index (χ2v) is 6.57. The minimum atomic E-state index is -0.338. The lowest BCUT2D eigenvalue weighted by molar-refractivity contribution is 0.0744. The Bertz CT molecular complexity index is 839. The lowest BCUT2D eigenvalue weighted by Gasteiger charge is -2.35. The highest BCUT2D eigenvalue weighted by Crippen LogP contribution is 2.23. The molecule has 7 nitrogen and oxygen atoms in total. The van der Waals surface area contributed by atoms with E-state index >= 15 is 0 Å². The van der Waals surface area contributed by atoms with E-state index in [9.17, 15) is 9.59 Å². The van der Waals surface area contributed by atoms with Crippen LogP contribution >= 0.6 is 0 Å². The molecule has 2 aromatic heterocycles. The van der Waals surface area contributed by atoms with Crippen LogP contribution in [0.4, 0.5) is 5.82 Å². The smallest absolute Gasteiger partial charge is 0.260 e. The van der Waals surface area contributed by atoms with Crippen molar-refractivity contribution in [1.29, 1.82) is 0 Å². The van der Waals surface area contributed by atoms with E-state index in [1.807, 2.05) is 0 Å². The zero-order valence-corrected chi connectivity index (χ0v) is 14.1. The summed E-state index contributed by atoms with van der Waals surface area (Å²) in [6, 6.07) is 5.40. The summed E-state index contributed by atoms with van der Waals surface area (Å²) in [7, 11) is 0. The number of carbonyl (C=O) groups excluding carboxylic acids is 1. The number of anilines is 1. The van der Waals surface area contributed by atoms with Crippen LogP contribution in [0, 0.1) is 0 Å². The van der Waals surface area contributed by atoms with Crippen LogP contribution in [-0.2, 0) is 12.8 Å². The molecule has 0 unspecified atom stereocenters. The van der Waals surface area contributed by atoms with Crippen molar-refractivity contribution in [2.24, 2.45) is 0 Å². The molecule has 1 aliphatic heterocycles. The number of amides is 1. The van der Waals surface area contributed by atoms with Crippen molar-refractivity contribution in [3.05, 3.63) is 51.6 Å². The standard InChI is InChI=1S/C18H21N5O2/c24-17-14(5-3-7-19-17)18(25)23-10-8-22(9-11-23)16-12-13-4-1-2-6-15(13)20-21-16/h3,5,7,12H,1-2,4,6,8-11H2,(H,19,24). The third kappa shape index (κ3) is 3.14. The molecule has 3 heterocycles. The average molecular weight is 339 g/mol. The Labute approximate surface area is 145 Å². The molecule has 0 radical (unpaired) electrons. The Kier molecular flexibility index (Phi) is 4.21. The van der Waals surface area contributed by atoms with Gasteiger partial charge in [-0.1, -0.05) is 0 Å². The van der Waals surface area contributed by atoms with E-state index in [2.05, 4.69) is 26.1 Å².